The van der Waals surface area contributed by atoms with Crippen LogP contribution in [0, 0.1) is 11.7 Å². The molecule has 2 amide bonds. The SMILES string of the molecule is CCC(C)CNC(=O)Nc1ccc(F)cc1C(=O)O. The third kappa shape index (κ3) is 4.57. The predicted octanol–water partition coefficient (Wildman–Crippen LogP) is 2.69. The highest BCUT2D eigenvalue weighted by molar-refractivity contribution is 5.99. The van der Waals surface area contributed by atoms with Crippen LogP contribution in [0.1, 0.15) is 30.6 Å². The minimum Gasteiger partial charge on any atom is -0.478 e. The summed E-state index contributed by atoms with van der Waals surface area (Å²) in [6.45, 7) is 4.49. The number of anilines is 1. The number of benzene rings is 1. The zero-order valence-corrected chi connectivity index (χ0v) is 10.9. The van der Waals surface area contributed by atoms with E-state index in [9.17, 15) is 14.0 Å². The van der Waals surface area contributed by atoms with Crippen molar-refractivity contribution in [1.82, 2.24) is 5.32 Å². The van der Waals surface area contributed by atoms with Gasteiger partial charge in [0.15, 0.2) is 0 Å². The molecular formula is C13H17FN2O3. The van der Waals surface area contributed by atoms with Gasteiger partial charge in [-0.2, -0.15) is 0 Å². The maximum Gasteiger partial charge on any atom is 0.337 e. The van der Waals surface area contributed by atoms with Gasteiger partial charge in [-0.3, -0.25) is 0 Å². The van der Waals surface area contributed by atoms with Crippen LogP contribution in [-0.4, -0.2) is 23.7 Å². The normalized spacial score (nSPS) is 11.7. The Morgan fingerprint density at radius 1 is 1.42 bits per heavy atom. The van der Waals surface area contributed by atoms with Gasteiger partial charge in [-0.05, 0) is 24.1 Å². The predicted molar refractivity (Wildman–Crippen MR) is 69.8 cm³/mol. The van der Waals surface area contributed by atoms with Crippen LogP contribution in [0.4, 0.5) is 14.9 Å². The molecule has 5 nitrogen and oxygen atoms in total. The Morgan fingerprint density at radius 2 is 2.11 bits per heavy atom. The molecule has 0 aromatic heterocycles. The molecule has 0 aliphatic rings. The summed E-state index contributed by atoms with van der Waals surface area (Å²) in [6.07, 6.45) is 0.928. The van der Waals surface area contributed by atoms with E-state index in [2.05, 4.69) is 10.6 Å². The monoisotopic (exact) mass is 268 g/mol. The first-order valence-corrected chi connectivity index (χ1v) is 6.01. The van der Waals surface area contributed by atoms with E-state index in [1.807, 2.05) is 13.8 Å². The largest absolute Gasteiger partial charge is 0.478 e. The second-order valence-electron chi connectivity index (χ2n) is 4.34. The number of carboxylic acid groups (broad SMARTS) is 1. The van der Waals surface area contributed by atoms with Crippen LogP contribution < -0.4 is 10.6 Å². The van der Waals surface area contributed by atoms with E-state index < -0.39 is 17.8 Å². The Balaban J connectivity index is 2.71. The maximum atomic E-state index is 13.0. The number of halogens is 1. The zero-order valence-electron chi connectivity index (χ0n) is 10.9. The molecule has 0 bridgehead atoms. The first kappa shape index (κ1) is 14.9. The van der Waals surface area contributed by atoms with E-state index in [-0.39, 0.29) is 11.3 Å². The third-order valence-electron chi connectivity index (χ3n) is 2.77. The molecule has 1 unspecified atom stereocenters. The van der Waals surface area contributed by atoms with Crippen LogP contribution in [0.2, 0.25) is 0 Å². The van der Waals surface area contributed by atoms with Crippen molar-refractivity contribution in [2.45, 2.75) is 20.3 Å². The fraction of sp³-hybridized carbons (Fsp3) is 0.385. The summed E-state index contributed by atoms with van der Waals surface area (Å²) in [6, 6.07) is 2.68. The van der Waals surface area contributed by atoms with Crippen LogP contribution >= 0.6 is 0 Å². The quantitative estimate of drug-likeness (QED) is 0.768. The molecule has 0 spiro atoms. The van der Waals surface area contributed by atoms with Crippen molar-refractivity contribution in [3.63, 3.8) is 0 Å². The fourth-order valence-electron chi connectivity index (χ4n) is 1.38. The van der Waals surface area contributed by atoms with E-state index in [4.69, 9.17) is 5.11 Å². The highest BCUT2D eigenvalue weighted by atomic mass is 19.1. The van der Waals surface area contributed by atoms with Gasteiger partial charge < -0.3 is 15.7 Å². The number of carboxylic acids is 1. The molecule has 19 heavy (non-hydrogen) atoms. The average molecular weight is 268 g/mol. The van der Waals surface area contributed by atoms with E-state index in [0.29, 0.717) is 12.5 Å². The number of hydrogen-bond acceptors (Lipinski definition) is 2. The maximum absolute atomic E-state index is 13.0. The molecule has 0 radical (unpaired) electrons. The zero-order chi connectivity index (χ0) is 14.4. The van der Waals surface area contributed by atoms with Crippen LogP contribution in [0.25, 0.3) is 0 Å². The molecule has 0 aliphatic heterocycles. The van der Waals surface area contributed by atoms with Gasteiger partial charge >= 0.3 is 12.0 Å². The topological polar surface area (TPSA) is 78.4 Å². The lowest BCUT2D eigenvalue weighted by atomic mass is 10.1. The van der Waals surface area contributed by atoms with Gasteiger partial charge in [-0.15, -0.1) is 0 Å². The lowest BCUT2D eigenvalue weighted by Gasteiger charge is -2.12. The Bertz CT molecular complexity index is 477. The van der Waals surface area contributed by atoms with Crippen LogP contribution in [0.5, 0.6) is 0 Å². The van der Waals surface area contributed by atoms with Gasteiger partial charge in [0.05, 0.1) is 11.3 Å². The van der Waals surface area contributed by atoms with Crippen LogP contribution in [0.3, 0.4) is 0 Å². The number of carbonyl (C=O) groups is 2. The van der Waals surface area contributed by atoms with Crippen LogP contribution in [-0.2, 0) is 0 Å². The molecular weight excluding hydrogens is 251 g/mol. The summed E-state index contributed by atoms with van der Waals surface area (Å²) in [5, 5.41) is 13.9. The lowest BCUT2D eigenvalue weighted by Crippen LogP contribution is -2.32. The minimum absolute atomic E-state index is 0.0653. The second kappa shape index (κ2) is 6.72. The number of hydrogen-bond donors (Lipinski definition) is 3. The van der Waals surface area contributed by atoms with Crippen molar-refractivity contribution in [2.24, 2.45) is 5.92 Å². The molecule has 6 heteroatoms. The van der Waals surface area contributed by atoms with Crippen molar-refractivity contribution in [2.75, 3.05) is 11.9 Å². The molecule has 1 aromatic rings. The molecule has 3 N–H and O–H groups in total. The Morgan fingerprint density at radius 3 is 2.68 bits per heavy atom. The molecule has 0 saturated heterocycles. The van der Waals surface area contributed by atoms with Gasteiger partial charge in [0.1, 0.15) is 5.82 Å². The summed E-state index contributed by atoms with van der Waals surface area (Å²) in [5.74, 6) is -1.63. The molecule has 1 atom stereocenters. The van der Waals surface area contributed by atoms with Crippen LogP contribution in [0.15, 0.2) is 18.2 Å². The van der Waals surface area contributed by atoms with Crippen molar-refractivity contribution >= 4 is 17.7 Å². The molecule has 0 fully saturated rings. The molecule has 0 heterocycles. The molecule has 0 aliphatic carbocycles. The highest BCUT2D eigenvalue weighted by Gasteiger charge is 2.13. The number of nitrogens with one attached hydrogen (secondary N) is 2. The Kier molecular flexibility index (Phi) is 5.29. The summed E-state index contributed by atoms with van der Waals surface area (Å²) >= 11 is 0. The molecule has 1 aromatic carbocycles. The van der Waals surface area contributed by atoms with Gasteiger partial charge in [-0.1, -0.05) is 20.3 Å². The molecule has 1 rings (SSSR count). The highest BCUT2D eigenvalue weighted by Crippen LogP contribution is 2.17. The number of rotatable bonds is 5. The molecule has 104 valence electrons. The fourth-order valence-corrected chi connectivity index (χ4v) is 1.38. The third-order valence-corrected chi connectivity index (χ3v) is 2.77. The van der Waals surface area contributed by atoms with E-state index in [1.54, 1.807) is 0 Å². The second-order valence-corrected chi connectivity index (χ2v) is 4.34. The first-order valence-electron chi connectivity index (χ1n) is 6.01. The average Bonchev–Trinajstić information content (AvgIpc) is 2.37. The summed E-state index contributed by atoms with van der Waals surface area (Å²) in [4.78, 5) is 22.5. The Hall–Kier alpha value is -2.11. The number of amides is 2. The summed E-state index contributed by atoms with van der Waals surface area (Å²) in [5.41, 5.74) is -0.214. The van der Waals surface area contributed by atoms with E-state index in [1.165, 1.54) is 6.07 Å². The number of urea groups is 1. The number of carbonyl (C=O) groups excluding carboxylic acids is 1. The van der Waals surface area contributed by atoms with E-state index in [0.717, 1.165) is 18.6 Å². The summed E-state index contributed by atoms with van der Waals surface area (Å²) < 4.78 is 13.0. The molecule has 0 saturated carbocycles. The van der Waals surface area contributed by atoms with Gasteiger partial charge in [0.2, 0.25) is 0 Å². The minimum atomic E-state index is -1.29. The van der Waals surface area contributed by atoms with Gasteiger partial charge in [0.25, 0.3) is 0 Å². The standard InChI is InChI=1S/C13H17FN2O3/c1-3-8(2)7-15-13(19)16-11-5-4-9(14)6-10(11)12(17)18/h4-6,8H,3,7H2,1-2H3,(H,17,18)(H2,15,16,19). The summed E-state index contributed by atoms with van der Waals surface area (Å²) in [7, 11) is 0. The van der Waals surface area contributed by atoms with Crippen molar-refractivity contribution in [1.29, 1.82) is 0 Å². The Labute approximate surface area is 110 Å². The lowest BCUT2D eigenvalue weighted by molar-refractivity contribution is 0.0697. The van der Waals surface area contributed by atoms with E-state index >= 15 is 0 Å². The van der Waals surface area contributed by atoms with Gasteiger partial charge in [0, 0.05) is 6.54 Å². The van der Waals surface area contributed by atoms with Crippen molar-refractivity contribution < 1.29 is 19.1 Å². The van der Waals surface area contributed by atoms with Gasteiger partial charge in [-0.25, -0.2) is 14.0 Å². The number of aromatic carboxylic acids is 1. The first-order chi connectivity index (χ1) is 8.93. The van der Waals surface area contributed by atoms with Crippen molar-refractivity contribution in [3.8, 4) is 0 Å². The van der Waals surface area contributed by atoms with Crippen molar-refractivity contribution in [3.05, 3.63) is 29.6 Å². The smallest absolute Gasteiger partial charge is 0.337 e.